The van der Waals surface area contributed by atoms with E-state index in [0.29, 0.717) is 18.2 Å². The fraction of sp³-hybridized carbons (Fsp3) is 1.00. The molecule has 1 aliphatic heterocycles. The summed E-state index contributed by atoms with van der Waals surface area (Å²) in [7, 11) is -2.97. The number of hydrogen-bond acceptors (Lipinski definition) is 3. The van der Waals surface area contributed by atoms with Crippen LogP contribution in [0.3, 0.4) is 0 Å². The summed E-state index contributed by atoms with van der Waals surface area (Å²) in [5.41, 5.74) is 0. The van der Waals surface area contributed by atoms with Crippen LogP contribution in [0.25, 0.3) is 0 Å². The lowest BCUT2D eigenvalue weighted by Gasteiger charge is -2.18. The van der Waals surface area contributed by atoms with Crippen LogP contribution in [0.2, 0.25) is 0 Å². The zero-order valence-electron chi connectivity index (χ0n) is 9.93. The Morgan fingerprint density at radius 2 is 1.93 bits per heavy atom. The van der Waals surface area contributed by atoms with Crippen molar-refractivity contribution in [3.05, 3.63) is 0 Å². The average molecular weight is 251 g/mol. The molecule has 90 valence electrons. The molecule has 0 aromatic heterocycles. The van der Waals surface area contributed by atoms with E-state index < -0.39 is 10.0 Å². The summed E-state index contributed by atoms with van der Waals surface area (Å²) in [6, 6.07) is 0.0969. The predicted molar refractivity (Wildman–Crippen MR) is 66.7 cm³/mol. The van der Waals surface area contributed by atoms with E-state index in [-0.39, 0.29) is 11.3 Å². The molecule has 1 rings (SSSR count). The molecule has 1 unspecified atom stereocenters. The van der Waals surface area contributed by atoms with Crippen molar-refractivity contribution in [2.75, 3.05) is 18.1 Å². The molecule has 15 heavy (non-hydrogen) atoms. The second kappa shape index (κ2) is 5.06. The molecule has 0 N–H and O–H groups in total. The summed E-state index contributed by atoms with van der Waals surface area (Å²) in [5, 5.41) is 0.264. The van der Waals surface area contributed by atoms with Gasteiger partial charge in [-0.25, -0.2) is 8.42 Å². The Morgan fingerprint density at radius 1 is 1.33 bits per heavy atom. The largest absolute Gasteiger partial charge is 0.215 e. The first-order valence-corrected chi connectivity index (χ1v) is 8.10. The molecule has 0 amide bonds. The van der Waals surface area contributed by atoms with Gasteiger partial charge in [0.2, 0.25) is 10.0 Å². The molecule has 0 aromatic rings. The Balaban J connectivity index is 2.55. The highest BCUT2D eigenvalue weighted by Gasteiger charge is 2.37. The third kappa shape index (κ3) is 3.64. The van der Waals surface area contributed by atoms with Gasteiger partial charge in [-0.3, -0.25) is 0 Å². The van der Waals surface area contributed by atoms with E-state index in [0.717, 1.165) is 5.75 Å². The molecule has 1 atom stereocenters. The van der Waals surface area contributed by atoms with Gasteiger partial charge in [0.1, 0.15) is 0 Å². The SMILES string of the molecule is CC(C)CSC1CN(C(C)C)S(=O)(=O)C1. The maximum Gasteiger partial charge on any atom is 0.215 e. The fourth-order valence-corrected chi connectivity index (χ4v) is 5.39. The topological polar surface area (TPSA) is 37.4 Å². The highest BCUT2D eigenvalue weighted by atomic mass is 32.2. The zero-order chi connectivity index (χ0) is 11.6. The minimum Gasteiger partial charge on any atom is -0.212 e. The van der Waals surface area contributed by atoms with Crippen molar-refractivity contribution >= 4 is 21.8 Å². The van der Waals surface area contributed by atoms with Gasteiger partial charge < -0.3 is 0 Å². The molecule has 1 fully saturated rings. The normalized spacial score (nSPS) is 26.7. The summed E-state index contributed by atoms with van der Waals surface area (Å²) < 4.78 is 25.2. The molecule has 0 saturated carbocycles. The van der Waals surface area contributed by atoms with Crippen molar-refractivity contribution in [2.45, 2.75) is 39.0 Å². The third-order valence-corrected chi connectivity index (χ3v) is 6.34. The zero-order valence-corrected chi connectivity index (χ0v) is 11.6. The van der Waals surface area contributed by atoms with Gasteiger partial charge in [0.05, 0.1) is 5.75 Å². The summed E-state index contributed by atoms with van der Waals surface area (Å²) in [5.74, 6) is 2.00. The van der Waals surface area contributed by atoms with Crippen molar-refractivity contribution in [1.82, 2.24) is 4.31 Å². The van der Waals surface area contributed by atoms with Crippen LogP contribution in [-0.4, -0.2) is 42.1 Å². The van der Waals surface area contributed by atoms with Gasteiger partial charge in [-0.2, -0.15) is 16.1 Å². The molecule has 0 radical (unpaired) electrons. The van der Waals surface area contributed by atoms with Gasteiger partial charge in [0.15, 0.2) is 0 Å². The van der Waals surface area contributed by atoms with Crippen molar-refractivity contribution in [2.24, 2.45) is 5.92 Å². The second-order valence-corrected chi connectivity index (χ2v) is 8.09. The van der Waals surface area contributed by atoms with E-state index >= 15 is 0 Å². The van der Waals surface area contributed by atoms with E-state index in [1.54, 1.807) is 16.1 Å². The summed E-state index contributed by atoms with van der Waals surface area (Å²) in [6.45, 7) is 8.89. The molecule has 0 spiro atoms. The highest BCUT2D eigenvalue weighted by Crippen LogP contribution is 2.27. The molecule has 1 heterocycles. The van der Waals surface area contributed by atoms with E-state index in [1.165, 1.54) is 0 Å². The van der Waals surface area contributed by atoms with Gasteiger partial charge in [-0.15, -0.1) is 0 Å². The van der Waals surface area contributed by atoms with E-state index in [1.807, 2.05) is 13.8 Å². The molecule has 0 bridgehead atoms. The summed E-state index contributed by atoms with van der Waals surface area (Å²) in [6.07, 6.45) is 0. The molecule has 0 aromatic carbocycles. The van der Waals surface area contributed by atoms with Crippen LogP contribution >= 0.6 is 11.8 Å². The number of rotatable bonds is 4. The number of sulfonamides is 1. The molecular formula is C10H21NO2S2. The van der Waals surface area contributed by atoms with Crippen molar-refractivity contribution in [3.63, 3.8) is 0 Å². The standard InChI is InChI=1S/C10H21NO2S2/c1-8(2)6-14-10-5-11(9(3)4)15(12,13)7-10/h8-10H,5-7H2,1-4H3. The van der Waals surface area contributed by atoms with Crippen LogP contribution in [-0.2, 0) is 10.0 Å². The molecular weight excluding hydrogens is 230 g/mol. The van der Waals surface area contributed by atoms with Crippen molar-refractivity contribution in [3.8, 4) is 0 Å². The van der Waals surface area contributed by atoms with Gasteiger partial charge in [-0.1, -0.05) is 13.8 Å². The van der Waals surface area contributed by atoms with E-state index in [9.17, 15) is 8.42 Å². The molecule has 0 aliphatic carbocycles. The second-order valence-electron chi connectivity index (χ2n) is 4.79. The Hall–Kier alpha value is 0.260. The Morgan fingerprint density at radius 3 is 2.33 bits per heavy atom. The molecule has 1 aliphatic rings. The smallest absolute Gasteiger partial charge is 0.212 e. The predicted octanol–water partition coefficient (Wildman–Crippen LogP) is 1.80. The van der Waals surface area contributed by atoms with Gasteiger partial charge in [0.25, 0.3) is 0 Å². The highest BCUT2D eigenvalue weighted by molar-refractivity contribution is 8.01. The first-order chi connectivity index (χ1) is 6.83. The molecule has 1 saturated heterocycles. The maximum absolute atomic E-state index is 11.8. The number of hydrogen-bond donors (Lipinski definition) is 0. The third-order valence-electron chi connectivity index (χ3n) is 2.38. The maximum atomic E-state index is 11.8. The lowest BCUT2D eigenvalue weighted by molar-refractivity contribution is 0.383. The van der Waals surface area contributed by atoms with Crippen LogP contribution in [0.4, 0.5) is 0 Å². The number of nitrogens with zero attached hydrogens (tertiary/aromatic N) is 1. The Bertz CT molecular complexity index is 299. The van der Waals surface area contributed by atoms with Crippen LogP contribution in [0, 0.1) is 5.92 Å². The molecule has 5 heteroatoms. The van der Waals surface area contributed by atoms with E-state index in [4.69, 9.17) is 0 Å². The van der Waals surface area contributed by atoms with Gasteiger partial charge >= 0.3 is 0 Å². The lowest BCUT2D eigenvalue weighted by atomic mass is 10.3. The van der Waals surface area contributed by atoms with Gasteiger partial charge in [0, 0.05) is 17.8 Å². The first-order valence-electron chi connectivity index (χ1n) is 5.44. The molecule has 3 nitrogen and oxygen atoms in total. The fourth-order valence-electron chi connectivity index (χ4n) is 1.66. The summed E-state index contributed by atoms with van der Waals surface area (Å²) in [4.78, 5) is 0. The monoisotopic (exact) mass is 251 g/mol. The van der Waals surface area contributed by atoms with Crippen LogP contribution in [0.5, 0.6) is 0 Å². The van der Waals surface area contributed by atoms with E-state index in [2.05, 4.69) is 13.8 Å². The number of thioether (sulfide) groups is 1. The Kier molecular flexibility index (Phi) is 4.50. The minimum atomic E-state index is -2.97. The Labute approximate surface area is 97.7 Å². The lowest BCUT2D eigenvalue weighted by Crippen LogP contribution is -2.32. The van der Waals surface area contributed by atoms with Crippen LogP contribution < -0.4 is 0 Å². The quantitative estimate of drug-likeness (QED) is 0.764. The van der Waals surface area contributed by atoms with Crippen molar-refractivity contribution < 1.29 is 8.42 Å². The van der Waals surface area contributed by atoms with Crippen LogP contribution in [0.15, 0.2) is 0 Å². The minimum absolute atomic E-state index is 0.0969. The van der Waals surface area contributed by atoms with Crippen LogP contribution in [0.1, 0.15) is 27.7 Å². The van der Waals surface area contributed by atoms with Gasteiger partial charge in [-0.05, 0) is 25.5 Å². The first kappa shape index (κ1) is 13.3. The summed E-state index contributed by atoms with van der Waals surface area (Å²) >= 11 is 1.79. The van der Waals surface area contributed by atoms with Crippen molar-refractivity contribution in [1.29, 1.82) is 0 Å². The average Bonchev–Trinajstić information content (AvgIpc) is 2.37.